The van der Waals surface area contributed by atoms with E-state index in [1.807, 2.05) is 0 Å². The number of aryl methyl sites for hydroxylation is 1. The predicted octanol–water partition coefficient (Wildman–Crippen LogP) is 4.18. The van der Waals surface area contributed by atoms with Crippen LogP contribution in [0.15, 0.2) is 48.7 Å². The fraction of sp³-hybridized carbons (Fsp3) is 0.391. The van der Waals surface area contributed by atoms with Crippen molar-refractivity contribution in [2.24, 2.45) is 5.73 Å². The standard InChI is InChI=1S/C23H29N3O.2ClH/c24-18(15-17-8-10-19(11-9-17)25-12-14-27)16-21-20-5-1-2-6-22(20)26-13-4-3-7-23(21)26;;/h3-4,7-11,13,18,25,27H,1-2,5-6,12,14-16,24H2;2*1H. The van der Waals surface area contributed by atoms with Crippen molar-refractivity contribution >= 4 is 36.0 Å². The van der Waals surface area contributed by atoms with Gasteiger partial charge in [-0.3, -0.25) is 0 Å². The minimum Gasteiger partial charge on any atom is -0.395 e. The van der Waals surface area contributed by atoms with E-state index in [0.717, 1.165) is 18.5 Å². The number of aliphatic hydroxyl groups excluding tert-OH is 1. The number of nitrogens with zero attached hydrogens (tertiary/aromatic N) is 1. The third-order valence-electron chi connectivity index (χ3n) is 5.62. The van der Waals surface area contributed by atoms with Crippen LogP contribution in [-0.2, 0) is 25.7 Å². The summed E-state index contributed by atoms with van der Waals surface area (Å²) in [6.07, 6.45) is 8.94. The second kappa shape index (κ2) is 10.9. The first-order valence-corrected chi connectivity index (χ1v) is 10.0. The molecule has 6 heteroatoms. The Kier molecular flexibility index (Phi) is 8.84. The lowest BCUT2D eigenvalue weighted by atomic mass is 9.91. The molecular formula is C23H31Cl2N3O. The van der Waals surface area contributed by atoms with Crippen LogP contribution in [0.2, 0.25) is 0 Å². The van der Waals surface area contributed by atoms with E-state index in [9.17, 15) is 0 Å². The zero-order valence-corrected chi connectivity index (χ0v) is 18.3. The summed E-state index contributed by atoms with van der Waals surface area (Å²) in [5.41, 5.74) is 14.7. The number of nitrogens with two attached hydrogens (primary N) is 1. The van der Waals surface area contributed by atoms with Gasteiger partial charge in [0.25, 0.3) is 0 Å². The van der Waals surface area contributed by atoms with Crippen molar-refractivity contribution in [2.75, 3.05) is 18.5 Å². The highest BCUT2D eigenvalue weighted by Crippen LogP contribution is 2.31. The van der Waals surface area contributed by atoms with Gasteiger partial charge in [0.2, 0.25) is 0 Å². The summed E-state index contributed by atoms with van der Waals surface area (Å²) in [4.78, 5) is 0. The fourth-order valence-electron chi connectivity index (χ4n) is 4.38. The molecule has 2 aromatic heterocycles. The molecule has 1 aromatic carbocycles. The lowest BCUT2D eigenvalue weighted by Crippen LogP contribution is -2.26. The topological polar surface area (TPSA) is 62.7 Å². The normalized spacial score (nSPS) is 13.9. The van der Waals surface area contributed by atoms with E-state index in [1.54, 1.807) is 5.56 Å². The summed E-state index contributed by atoms with van der Waals surface area (Å²) in [5, 5.41) is 12.1. The molecule has 0 bridgehead atoms. The molecule has 0 fully saturated rings. The van der Waals surface area contributed by atoms with Gasteiger partial charge < -0.3 is 20.6 Å². The average Bonchev–Trinajstić information content (AvgIpc) is 3.02. The summed E-state index contributed by atoms with van der Waals surface area (Å²) >= 11 is 0. The summed E-state index contributed by atoms with van der Waals surface area (Å²) in [6, 6.07) is 15.0. The number of benzene rings is 1. The highest BCUT2D eigenvalue weighted by molar-refractivity contribution is 5.85. The van der Waals surface area contributed by atoms with Crippen LogP contribution in [-0.4, -0.2) is 28.7 Å². The molecule has 0 aliphatic heterocycles. The van der Waals surface area contributed by atoms with E-state index in [0.29, 0.717) is 6.54 Å². The summed E-state index contributed by atoms with van der Waals surface area (Å²) < 4.78 is 2.39. The Labute approximate surface area is 185 Å². The van der Waals surface area contributed by atoms with E-state index in [4.69, 9.17) is 10.8 Å². The summed E-state index contributed by atoms with van der Waals surface area (Å²) in [6.45, 7) is 0.717. The summed E-state index contributed by atoms with van der Waals surface area (Å²) in [7, 11) is 0. The van der Waals surface area contributed by atoms with Crippen molar-refractivity contribution in [1.82, 2.24) is 4.40 Å². The van der Waals surface area contributed by atoms with E-state index < -0.39 is 0 Å². The van der Waals surface area contributed by atoms with Crippen LogP contribution in [0.3, 0.4) is 0 Å². The Bertz CT molecular complexity index is 908. The molecule has 1 aliphatic carbocycles. The Balaban J connectivity index is 0.00000150. The predicted molar refractivity (Wildman–Crippen MR) is 126 cm³/mol. The molecule has 2 heterocycles. The van der Waals surface area contributed by atoms with Gasteiger partial charge in [-0.05, 0) is 79.5 Å². The van der Waals surface area contributed by atoms with Crippen molar-refractivity contribution in [3.8, 4) is 0 Å². The third-order valence-corrected chi connectivity index (χ3v) is 5.62. The maximum Gasteiger partial charge on any atom is 0.0604 e. The molecule has 0 amide bonds. The first kappa shape index (κ1) is 23.6. The second-order valence-electron chi connectivity index (χ2n) is 7.58. The monoisotopic (exact) mass is 435 g/mol. The number of aromatic nitrogens is 1. The van der Waals surface area contributed by atoms with Crippen LogP contribution in [0.4, 0.5) is 5.69 Å². The molecule has 0 saturated heterocycles. The Morgan fingerprint density at radius 1 is 1.00 bits per heavy atom. The number of aliphatic hydroxyl groups is 1. The second-order valence-corrected chi connectivity index (χ2v) is 7.58. The molecule has 29 heavy (non-hydrogen) atoms. The van der Waals surface area contributed by atoms with E-state index >= 15 is 0 Å². The number of nitrogens with one attached hydrogen (secondary N) is 1. The van der Waals surface area contributed by atoms with Gasteiger partial charge in [0.05, 0.1) is 6.61 Å². The minimum absolute atomic E-state index is 0. The Hall–Kier alpha value is -1.72. The van der Waals surface area contributed by atoms with Crippen LogP contribution in [0, 0.1) is 0 Å². The van der Waals surface area contributed by atoms with Crippen molar-refractivity contribution in [3.63, 3.8) is 0 Å². The Morgan fingerprint density at radius 3 is 2.52 bits per heavy atom. The number of fused-ring (bicyclic) bond motifs is 3. The average molecular weight is 436 g/mol. The molecule has 1 aliphatic rings. The smallest absolute Gasteiger partial charge is 0.0604 e. The zero-order chi connectivity index (χ0) is 18.6. The van der Waals surface area contributed by atoms with Gasteiger partial charge in [0.15, 0.2) is 0 Å². The Morgan fingerprint density at radius 2 is 1.76 bits per heavy atom. The molecule has 1 atom stereocenters. The van der Waals surface area contributed by atoms with Gasteiger partial charge in [0, 0.05) is 35.7 Å². The van der Waals surface area contributed by atoms with Crippen molar-refractivity contribution in [1.29, 1.82) is 0 Å². The lowest BCUT2D eigenvalue weighted by Gasteiger charge is -2.16. The van der Waals surface area contributed by atoms with Gasteiger partial charge in [-0.1, -0.05) is 18.2 Å². The molecule has 1 unspecified atom stereocenters. The van der Waals surface area contributed by atoms with Crippen LogP contribution in [0.25, 0.3) is 5.52 Å². The molecule has 158 valence electrons. The maximum atomic E-state index is 8.90. The van der Waals surface area contributed by atoms with E-state index in [1.165, 1.54) is 48.0 Å². The molecule has 4 N–H and O–H groups in total. The van der Waals surface area contributed by atoms with Crippen molar-refractivity contribution < 1.29 is 5.11 Å². The van der Waals surface area contributed by atoms with E-state index in [-0.39, 0.29) is 37.5 Å². The number of rotatable bonds is 7. The number of hydrogen-bond donors (Lipinski definition) is 3. The van der Waals surface area contributed by atoms with E-state index in [2.05, 4.69) is 58.4 Å². The first-order chi connectivity index (χ1) is 13.3. The SMILES string of the molecule is Cl.Cl.NC(Cc1ccc(NCCO)cc1)Cc1c2c(n3ccccc13)CCCC2. The third kappa shape index (κ3) is 5.26. The quantitative estimate of drug-likeness (QED) is 0.521. The number of pyridine rings is 1. The van der Waals surface area contributed by atoms with Gasteiger partial charge in [-0.25, -0.2) is 0 Å². The highest BCUT2D eigenvalue weighted by Gasteiger charge is 2.21. The molecule has 0 spiro atoms. The zero-order valence-electron chi connectivity index (χ0n) is 16.6. The van der Waals surface area contributed by atoms with Crippen molar-refractivity contribution in [3.05, 3.63) is 71.0 Å². The first-order valence-electron chi connectivity index (χ1n) is 10.0. The van der Waals surface area contributed by atoms with Crippen LogP contribution >= 0.6 is 24.8 Å². The number of anilines is 1. The summed E-state index contributed by atoms with van der Waals surface area (Å²) in [5.74, 6) is 0. The van der Waals surface area contributed by atoms with Gasteiger partial charge in [0.1, 0.15) is 0 Å². The molecule has 4 nitrogen and oxygen atoms in total. The van der Waals surface area contributed by atoms with Crippen LogP contribution < -0.4 is 11.1 Å². The molecular weight excluding hydrogens is 405 g/mol. The molecule has 3 aromatic rings. The van der Waals surface area contributed by atoms with Gasteiger partial charge >= 0.3 is 0 Å². The van der Waals surface area contributed by atoms with Crippen molar-refractivity contribution in [2.45, 2.75) is 44.6 Å². The molecule has 0 saturated carbocycles. The van der Waals surface area contributed by atoms with Gasteiger partial charge in [-0.2, -0.15) is 0 Å². The van der Waals surface area contributed by atoms with Crippen LogP contribution in [0.5, 0.6) is 0 Å². The molecule has 0 radical (unpaired) electrons. The fourth-order valence-corrected chi connectivity index (χ4v) is 4.38. The maximum absolute atomic E-state index is 8.90. The minimum atomic E-state index is 0. The van der Waals surface area contributed by atoms with Crippen LogP contribution in [0.1, 0.15) is 35.2 Å². The lowest BCUT2D eigenvalue weighted by molar-refractivity contribution is 0.311. The highest BCUT2D eigenvalue weighted by atomic mass is 35.5. The molecule has 4 rings (SSSR count). The van der Waals surface area contributed by atoms with Gasteiger partial charge in [-0.15, -0.1) is 24.8 Å². The largest absolute Gasteiger partial charge is 0.395 e. The number of hydrogen-bond acceptors (Lipinski definition) is 3. The number of halogens is 2.